The number of benzene rings is 1. The lowest BCUT2D eigenvalue weighted by Crippen LogP contribution is -2.15. The lowest BCUT2D eigenvalue weighted by molar-refractivity contribution is 0.0942. The first kappa shape index (κ1) is 11.5. The second-order valence-corrected chi connectivity index (χ2v) is 4.58. The van der Waals surface area contributed by atoms with Crippen molar-refractivity contribution in [3.05, 3.63) is 47.4 Å². The number of carbonyl (C=O) groups is 1. The van der Waals surface area contributed by atoms with Gasteiger partial charge in [0.05, 0.1) is 17.1 Å². The van der Waals surface area contributed by atoms with Crippen LogP contribution in [-0.4, -0.2) is 20.7 Å². The monoisotopic (exact) mass is 254 g/mol. The number of aromatic nitrogens is 3. The van der Waals surface area contributed by atoms with Crippen molar-refractivity contribution in [2.75, 3.05) is 5.73 Å². The fraction of sp³-hybridized carbons (Fsp3) is 0.143. The number of hydrogen-bond acceptors (Lipinski definition) is 3. The largest absolute Gasteiger partial charge is 0.396 e. The first-order valence-electron chi connectivity index (χ1n) is 6.01. The molecular weight excluding hydrogens is 240 g/mol. The summed E-state index contributed by atoms with van der Waals surface area (Å²) in [5.74, 6) is -0.172. The molecule has 0 unspecified atom stereocenters. The lowest BCUT2D eigenvalue weighted by Gasteiger charge is -2.03. The Hall–Kier alpha value is -2.56. The predicted octanol–water partition coefficient (Wildman–Crippen LogP) is 2.25. The van der Waals surface area contributed by atoms with E-state index in [0.29, 0.717) is 22.6 Å². The molecule has 0 aliphatic carbocycles. The van der Waals surface area contributed by atoms with Gasteiger partial charge in [-0.3, -0.25) is 4.79 Å². The van der Waals surface area contributed by atoms with E-state index in [1.165, 1.54) is 4.68 Å². The van der Waals surface area contributed by atoms with Gasteiger partial charge >= 0.3 is 0 Å². The molecule has 0 atom stereocenters. The number of aromatic amines is 1. The minimum atomic E-state index is -0.172. The molecule has 5 nitrogen and oxygen atoms in total. The SMILES string of the molecule is Cc1nn(C(=O)c2ccc3cc[nH]c3c2)c(C)c1N. The molecule has 96 valence electrons. The summed E-state index contributed by atoms with van der Waals surface area (Å²) in [5.41, 5.74) is 9.28. The lowest BCUT2D eigenvalue weighted by atomic mass is 10.1. The standard InChI is InChI=1S/C14H14N4O/c1-8-13(15)9(2)18(17-8)14(19)11-4-3-10-5-6-16-12(10)7-11/h3-7,16H,15H2,1-2H3. The van der Waals surface area contributed by atoms with Crippen LogP contribution in [0.4, 0.5) is 5.69 Å². The smallest absolute Gasteiger partial charge is 0.278 e. The van der Waals surface area contributed by atoms with E-state index in [2.05, 4.69) is 10.1 Å². The van der Waals surface area contributed by atoms with Crippen molar-refractivity contribution in [3.63, 3.8) is 0 Å². The molecule has 0 fully saturated rings. The minimum absolute atomic E-state index is 0.172. The molecule has 3 N–H and O–H groups in total. The Labute approximate surface area is 110 Å². The zero-order valence-electron chi connectivity index (χ0n) is 10.8. The number of H-pyrrole nitrogens is 1. The molecule has 0 aliphatic heterocycles. The molecule has 0 radical (unpaired) electrons. The van der Waals surface area contributed by atoms with Gasteiger partial charge in [-0.1, -0.05) is 6.07 Å². The van der Waals surface area contributed by atoms with E-state index in [1.54, 1.807) is 19.9 Å². The van der Waals surface area contributed by atoms with Gasteiger partial charge in [0.2, 0.25) is 0 Å². The summed E-state index contributed by atoms with van der Waals surface area (Å²) in [5, 5.41) is 5.26. The quantitative estimate of drug-likeness (QED) is 0.699. The highest BCUT2D eigenvalue weighted by atomic mass is 16.2. The molecule has 19 heavy (non-hydrogen) atoms. The van der Waals surface area contributed by atoms with Crippen LogP contribution in [0, 0.1) is 13.8 Å². The number of nitrogens with two attached hydrogens (primary N) is 1. The number of nitrogen functional groups attached to an aromatic ring is 1. The molecule has 0 amide bonds. The van der Waals surface area contributed by atoms with E-state index in [1.807, 2.05) is 24.4 Å². The summed E-state index contributed by atoms with van der Waals surface area (Å²) in [6.45, 7) is 3.58. The number of nitrogens with zero attached hydrogens (tertiary/aromatic N) is 2. The van der Waals surface area contributed by atoms with Crippen LogP contribution in [0.1, 0.15) is 21.7 Å². The van der Waals surface area contributed by atoms with Gasteiger partial charge in [-0.2, -0.15) is 9.78 Å². The summed E-state index contributed by atoms with van der Waals surface area (Å²) in [6, 6.07) is 7.49. The van der Waals surface area contributed by atoms with Gasteiger partial charge in [-0.25, -0.2) is 0 Å². The van der Waals surface area contributed by atoms with E-state index >= 15 is 0 Å². The van der Waals surface area contributed by atoms with Crippen LogP contribution in [0.3, 0.4) is 0 Å². The molecule has 0 spiro atoms. The van der Waals surface area contributed by atoms with Gasteiger partial charge in [-0.15, -0.1) is 0 Å². The highest BCUT2D eigenvalue weighted by Gasteiger charge is 2.16. The average Bonchev–Trinajstić information content (AvgIpc) is 2.97. The highest BCUT2D eigenvalue weighted by Crippen LogP contribution is 2.19. The van der Waals surface area contributed by atoms with Crippen molar-refractivity contribution in [1.29, 1.82) is 0 Å². The molecule has 3 aromatic rings. The third kappa shape index (κ3) is 1.71. The molecular formula is C14H14N4O. The van der Waals surface area contributed by atoms with Gasteiger partial charge in [0.15, 0.2) is 0 Å². The number of aryl methyl sites for hydroxylation is 1. The van der Waals surface area contributed by atoms with Gasteiger partial charge < -0.3 is 10.7 Å². The Morgan fingerprint density at radius 1 is 1.32 bits per heavy atom. The summed E-state index contributed by atoms with van der Waals surface area (Å²) in [7, 11) is 0. The third-order valence-corrected chi connectivity index (χ3v) is 3.34. The van der Waals surface area contributed by atoms with Crippen LogP contribution in [-0.2, 0) is 0 Å². The molecule has 1 aromatic carbocycles. The topological polar surface area (TPSA) is 76.7 Å². The normalized spacial score (nSPS) is 11.1. The zero-order valence-corrected chi connectivity index (χ0v) is 10.8. The van der Waals surface area contributed by atoms with Crippen molar-refractivity contribution in [2.24, 2.45) is 0 Å². The maximum Gasteiger partial charge on any atom is 0.278 e. The van der Waals surface area contributed by atoms with E-state index < -0.39 is 0 Å². The first-order valence-corrected chi connectivity index (χ1v) is 6.01. The molecule has 0 saturated heterocycles. The summed E-state index contributed by atoms with van der Waals surface area (Å²) < 4.78 is 1.36. The molecule has 2 heterocycles. The second-order valence-electron chi connectivity index (χ2n) is 4.58. The average molecular weight is 254 g/mol. The van der Waals surface area contributed by atoms with Crippen LogP contribution in [0.5, 0.6) is 0 Å². The Balaban J connectivity index is 2.09. The Morgan fingerprint density at radius 3 is 2.79 bits per heavy atom. The van der Waals surface area contributed by atoms with Crippen molar-refractivity contribution in [1.82, 2.24) is 14.8 Å². The molecule has 0 bridgehead atoms. The predicted molar refractivity (Wildman–Crippen MR) is 74.1 cm³/mol. The molecule has 0 aliphatic rings. The minimum Gasteiger partial charge on any atom is -0.396 e. The zero-order chi connectivity index (χ0) is 13.6. The van der Waals surface area contributed by atoms with Crippen molar-refractivity contribution in [3.8, 4) is 0 Å². The Bertz CT molecular complexity index is 782. The number of rotatable bonds is 1. The highest BCUT2D eigenvalue weighted by molar-refractivity contribution is 5.99. The number of fused-ring (bicyclic) bond motifs is 1. The van der Waals surface area contributed by atoms with Crippen LogP contribution in [0.15, 0.2) is 30.5 Å². The summed E-state index contributed by atoms with van der Waals surface area (Å²) >= 11 is 0. The van der Waals surface area contributed by atoms with E-state index in [9.17, 15) is 4.79 Å². The molecule has 3 rings (SSSR count). The molecule has 2 aromatic heterocycles. The number of anilines is 1. The fourth-order valence-corrected chi connectivity index (χ4v) is 2.16. The second kappa shape index (κ2) is 3.98. The van der Waals surface area contributed by atoms with E-state index in [-0.39, 0.29) is 5.91 Å². The third-order valence-electron chi connectivity index (χ3n) is 3.34. The Kier molecular flexibility index (Phi) is 2.41. The van der Waals surface area contributed by atoms with E-state index in [0.717, 1.165) is 10.9 Å². The van der Waals surface area contributed by atoms with E-state index in [4.69, 9.17) is 5.73 Å². The van der Waals surface area contributed by atoms with Gasteiger partial charge in [0.1, 0.15) is 0 Å². The van der Waals surface area contributed by atoms with Crippen LogP contribution < -0.4 is 5.73 Å². The summed E-state index contributed by atoms with van der Waals surface area (Å²) in [6.07, 6.45) is 1.85. The number of hydrogen-bond donors (Lipinski definition) is 2. The van der Waals surface area contributed by atoms with Crippen LogP contribution in [0.25, 0.3) is 10.9 Å². The van der Waals surface area contributed by atoms with Gasteiger partial charge in [0, 0.05) is 17.3 Å². The first-order chi connectivity index (χ1) is 9.08. The van der Waals surface area contributed by atoms with Crippen molar-refractivity contribution < 1.29 is 4.79 Å². The number of carbonyl (C=O) groups excluding carboxylic acids is 1. The maximum atomic E-state index is 12.4. The van der Waals surface area contributed by atoms with Crippen LogP contribution >= 0.6 is 0 Å². The molecule has 0 saturated carbocycles. The maximum absolute atomic E-state index is 12.4. The van der Waals surface area contributed by atoms with Gasteiger partial charge in [0.25, 0.3) is 5.91 Å². The van der Waals surface area contributed by atoms with Crippen molar-refractivity contribution in [2.45, 2.75) is 13.8 Å². The van der Waals surface area contributed by atoms with Crippen LogP contribution in [0.2, 0.25) is 0 Å². The summed E-state index contributed by atoms with van der Waals surface area (Å²) in [4.78, 5) is 15.5. The fourth-order valence-electron chi connectivity index (χ4n) is 2.16. The van der Waals surface area contributed by atoms with Gasteiger partial charge in [-0.05, 0) is 37.4 Å². The van der Waals surface area contributed by atoms with Crippen molar-refractivity contribution >= 4 is 22.5 Å². The Morgan fingerprint density at radius 2 is 2.11 bits per heavy atom. The number of nitrogens with one attached hydrogen (secondary N) is 1. The molecule has 5 heteroatoms.